The van der Waals surface area contributed by atoms with Gasteiger partial charge in [0.15, 0.2) is 5.78 Å². The minimum absolute atomic E-state index is 0.00866. The fourth-order valence-electron chi connectivity index (χ4n) is 1.69. The van der Waals surface area contributed by atoms with Crippen molar-refractivity contribution in [1.29, 1.82) is 0 Å². The lowest BCUT2D eigenvalue weighted by atomic mass is 10.2. The lowest BCUT2D eigenvalue weighted by Crippen LogP contribution is -2.13. The third kappa shape index (κ3) is 4.18. The third-order valence-electron chi connectivity index (χ3n) is 2.72. The molecule has 2 aromatic rings. The largest absolute Gasteiger partial charge is 0.326 e. The van der Waals surface area contributed by atoms with E-state index in [4.69, 9.17) is 11.6 Å². The van der Waals surface area contributed by atoms with Gasteiger partial charge in [0.2, 0.25) is 5.91 Å². The molecule has 0 unspecified atom stereocenters. The van der Waals surface area contributed by atoms with Crippen molar-refractivity contribution in [1.82, 2.24) is 0 Å². The molecule has 1 aromatic heterocycles. The van der Waals surface area contributed by atoms with Gasteiger partial charge in [0.05, 0.1) is 4.88 Å². The summed E-state index contributed by atoms with van der Waals surface area (Å²) in [5, 5.41) is 3.35. The zero-order valence-electron chi connectivity index (χ0n) is 11.0. The number of benzene rings is 1. The highest BCUT2D eigenvalue weighted by Crippen LogP contribution is 2.18. The van der Waals surface area contributed by atoms with E-state index in [1.807, 2.05) is 13.0 Å². The van der Waals surface area contributed by atoms with Crippen LogP contribution in [0.1, 0.15) is 27.4 Å². The van der Waals surface area contributed by atoms with E-state index in [0.717, 1.165) is 4.88 Å². The minimum Gasteiger partial charge on any atom is -0.326 e. The summed E-state index contributed by atoms with van der Waals surface area (Å²) >= 11 is 7.22. The van der Waals surface area contributed by atoms with Crippen LogP contribution in [0.3, 0.4) is 0 Å². The molecule has 0 spiro atoms. The number of hydrogen-bond donors (Lipinski definition) is 1. The first-order valence-corrected chi connectivity index (χ1v) is 7.39. The van der Waals surface area contributed by atoms with Crippen molar-refractivity contribution in [2.45, 2.75) is 19.8 Å². The van der Waals surface area contributed by atoms with Crippen LogP contribution in [-0.2, 0) is 4.79 Å². The van der Waals surface area contributed by atoms with Gasteiger partial charge in [-0.15, -0.1) is 11.3 Å². The number of halogens is 1. The van der Waals surface area contributed by atoms with Crippen LogP contribution in [0, 0.1) is 6.92 Å². The fourth-order valence-corrected chi connectivity index (χ4v) is 2.65. The maximum absolute atomic E-state index is 11.9. The Morgan fingerprint density at radius 1 is 1.10 bits per heavy atom. The van der Waals surface area contributed by atoms with Crippen LogP contribution in [0.4, 0.5) is 5.69 Å². The molecule has 1 heterocycles. The molecule has 1 N–H and O–H groups in total. The van der Waals surface area contributed by atoms with Crippen molar-refractivity contribution < 1.29 is 9.59 Å². The number of nitrogens with one attached hydrogen (secondary N) is 1. The zero-order chi connectivity index (χ0) is 14.5. The Bertz CT molecular complexity index is 619. The van der Waals surface area contributed by atoms with E-state index in [0.29, 0.717) is 15.6 Å². The predicted octanol–water partition coefficient (Wildman–Crippen LogP) is 4.31. The number of carbonyl (C=O) groups excluding carboxylic acids is 2. The van der Waals surface area contributed by atoms with Gasteiger partial charge in [0.1, 0.15) is 0 Å². The average molecular weight is 308 g/mol. The van der Waals surface area contributed by atoms with Crippen molar-refractivity contribution in [3.8, 4) is 0 Å². The molecule has 3 nitrogen and oxygen atoms in total. The lowest BCUT2D eigenvalue weighted by Gasteiger charge is -2.04. The topological polar surface area (TPSA) is 46.2 Å². The second kappa shape index (κ2) is 6.68. The monoisotopic (exact) mass is 307 g/mol. The number of hydrogen-bond acceptors (Lipinski definition) is 3. The molecule has 104 valence electrons. The molecule has 1 aromatic carbocycles. The number of ketones is 1. The first-order chi connectivity index (χ1) is 9.54. The van der Waals surface area contributed by atoms with Crippen LogP contribution in [0.25, 0.3) is 0 Å². The highest BCUT2D eigenvalue weighted by molar-refractivity contribution is 7.14. The van der Waals surface area contributed by atoms with E-state index in [9.17, 15) is 9.59 Å². The molecule has 5 heteroatoms. The summed E-state index contributed by atoms with van der Waals surface area (Å²) < 4.78 is 0. The number of anilines is 1. The Morgan fingerprint density at radius 2 is 1.80 bits per heavy atom. The summed E-state index contributed by atoms with van der Waals surface area (Å²) in [5.74, 6) is -0.164. The lowest BCUT2D eigenvalue weighted by molar-refractivity contribution is -0.116. The molecule has 0 aliphatic rings. The summed E-state index contributed by atoms with van der Waals surface area (Å²) in [5.41, 5.74) is 0.679. The molecule has 20 heavy (non-hydrogen) atoms. The van der Waals surface area contributed by atoms with Crippen molar-refractivity contribution in [3.63, 3.8) is 0 Å². The van der Waals surface area contributed by atoms with Gasteiger partial charge in [-0.05, 0) is 43.3 Å². The SMILES string of the molecule is Cc1ccc(C(=O)CCC(=O)Nc2ccc(Cl)cc2)s1. The highest BCUT2D eigenvalue weighted by atomic mass is 35.5. The van der Waals surface area contributed by atoms with Gasteiger partial charge < -0.3 is 5.32 Å². The van der Waals surface area contributed by atoms with E-state index < -0.39 is 0 Å². The standard InChI is InChI=1S/C15H14ClNO2S/c1-10-2-8-14(20-10)13(18)7-9-15(19)17-12-5-3-11(16)4-6-12/h2-6,8H,7,9H2,1H3,(H,17,19). The molecular formula is C15H14ClNO2S. The molecule has 0 aliphatic heterocycles. The Kier molecular flexibility index (Phi) is 4.93. The first kappa shape index (κ1) is 14.8. The van der Waals surface area contributed by atoms with Gasteiger partial charge in [-0.25, -0.2) is 0 Å². The van der Waals surface area contributed by atoms with E-state index >= 15 is 0 Å². The van der Waals surface area contributed by atoms with E-state index in [2.05, 4.69) is 5.32 Å². The number of amides is 1. The van der Waals surface area contributed by atoms with Gasteiger partial charge >= 0.3 is 0 Å². The van der Waals surface area contributed by atoms with Gasteiger partial charge in [-0.1, -0.05) is 11.6 Å². The molecule has 0 aliphatic carbocycles. The molecular weight excluding hydrogens is 294 g/mol. The summed E-state index contributed by atoms with van der Waals surface area (Å²) in [4.78, 5) is 25.4. The number of thiophene rings is 1. The second-order valence-electron chi connectivity index (χ2n) is 4.39. The Hall–Kier alpha value is -1.65. The summed E-state index contributed by atoms with van der Waals surface area (Å²) in [6, 6.07) is 10.6. The Labute approximate surface area is 126 Å². The number of carbonyl (C=O) groups is 2. The normalized spacial score (nSPS) is 10.3. The smallest absolute Gasteiger partial charge is 0.224 e. The maximum atomic E-state index is 11.9. The van der Waals surface area contributed by atoms with E-state index in [1.54, 1.807) is 30.3 Å². The summed E-state index contributed by atoms with van der Waals surface area (Å²) in [6.45, 7) is 1.95. The van der Waals surface area contributed by atoms with Gasteiger partial charge in [-0.2, -0.15) is 0 Å². The number of rotatable bonds is 5. The van der Waals surface area contributed by atoms with Crippen LogP contribution in [0.5, 0.6) is 0 Å². The zero-order valence-corrected chi connectivity index (χ0v) is 12.6. The molecule has 0 saturated heterocycles. The van der Waals surface area contributed by atoms with Crippen molar-refractivity contribution in [2.75, 3.05) is 5.32 Å². The number of Topliss-reactive ketones (excluding diaryl/α,β-unsaturated/α-hetero) is 1. The van der Waals surface area contributed by atoms with Crippen molar-refractivity contribution in [2.24, 2.45) is 0 Å². The second-order valence-corrected chi connectivity index (χ2v) is 6.11. The molecule has 0 fully saturated rings. The van der Waals surface area contributed by atoms with E-state index in [1.165, 1.54) is 11.3 Å². The summed E-state index contributed by atoms with van der Waals surface area (Å²) in [7, 11) is 0. The van der Waals surface area contributed by atoms with Crippen molar-refractivity contribution >= 4 is 40.3 Å². The third-order valence-corrected chi connectivity index (χ3v) is 4.02. The quantitative estimate of drug-likeness (QED) is 0.837. The summed E-state index contributed by atoms with van der Waals surface area (Å²) in [6.07, 6.45) is 0.401. The van der Waals surface area contributed by atoms with Crippen LogP contribution in [-0.4, -0.2) is 11.7 Å². The average Bonchev–Trinajstić information content (AvgIpc) is 2.85. The van der Waals surface area contributed by atoms with Crippen LogP contribution < -0.4 is 5.32 Å². The van der Waals surface area contributed by atoms with Crippen molar-refractivity contribution in [3.05, 3.63) is 51.2 Å². The first-order valence-electron chi connectivity index (χ1n) is 6.19. The molecule has 0 radical (unpaired) electrons. The Balaban J connectivity index is 1.83. The van der Waals surface area contributed by atoms with Gasteiger partial charge in [0, 0.05) is 28.4 Å². The van der Waals surface area contributed by atoms with E-state index in [-0.39, 0.29) is 24.5 Å². The molecule has 1 amide bonds. The fraction of sp³-hybridized carbons (Fsp3) is 0.200. The predicted molar refractivity (Wildman–Crippen MR) is 82.7 cm³/mol. The van der Waals surface area contributed by atoms with Crippen LogP contribution in [0.2, 0.25) is 5.02 Å². The van der Waals surface area contributed by atoms with Crippen LogP contribution >= 0.6 is 22.9 Å². The maximum Gasteiger partial charge on any atom is 0.224 e. The highest BCUT2D eigenvalue weighted by Gasteiger charge is 2.11. The van der Waals surface area contributed by atoms with Gasteiger partial charge in [-0.3, -0.25) is 9.59 Å². The Morgan fingerprint density at radius 3 is 2.40 bits per heavy atom. The molecule has 0 bridgehead atoms. The molecule has 2 rings (SSSR count). The number of aryl methyl sites for hydroxylation is 1. The van der Waals surface area contributed by atoms with Crippen LogP contribution in [0.15, 0.2) is 36.4 Å². The molecule has 0 atom stereocenters. The minimum atomic E-state index is -0.172. The molecule has 0 saturated carbocycles. The van der Waals surface area contributed by atoms with Gasteiger partial charge in [0.25, 0.3) is 0 Å².